The van der Waals surface area contributed by atoms with Crippen LogP contribution < -0.4 is 10.2 Å². The van der Waals surface area contributed by atoms with Gasteiger partial charge < -0.3 is 10.2 Å². The second-order valence-corrected chi connectivity index (χ2v) is 7.51. The van der Waals surface area contributed by atoms with Crippen LogP contribution in [0.4, 0.5) is 11.5 Å². The van der Waals surface area contributed by atoms with E-state index < -0.39 is 4.92 Å². The Balaban J connectivity index is 1.60. The topological polar surface area (TPSA) is 106 Å². The summed E-state index contributed by atoms with van der Waals surface area (Å²) in [6.45, 7) is 10.1. The molecule has 3 rings (SSSR count). The third-order valence-corrected chi connectivity index (χ3v) is 5.42. The van der Waals surface area contributed by atoms with Gasteiger partial charge in [0.15, 0.2) is 0 Å². The summed E-state index contributed by atoms with van der Waals surface area (Å²) in [5.74, 6) is 0.750. The maximum Gasteiger partial charge on any atom is 0.312 e. The van der Waals surface area contributed by atoms with Crippen molar-refractivity contribution in [3.63, 3.8) is 0 Å². The second-order valence-electron chi connectivity index (χ2n) is 7.51. The van der Waals surface area contributed by atoms with Gasteiger partial charge >= 0.3 is 5.69 Å². The number of carbonyl (C=O) groups excluding carboxylic acids is 1. The second kappa shape index (κ2) is 10.0. The van der Waals surface area contributed by atoms with Crippen LogP contribution in [0.1, 0.15) is 46.7 Å². The first-order chi connectivity index (χ1) is 15.3. The molecule has 0 radical (unpaired) electrons. The Morgan fingerprint density at radius 2 is 1.75 bits per heavy atom. The first-order valence-electron chi connectivity index (χ1n) is 10.6. The Labute approximate surface area is 187 Å². The van der Waals surface area contributed by atoms with Crippen LogP contribution >= 0.6 is 0 Å². The predicted molar refractivity (Wildman–Crippen MR) is 123 cm³/mol. The summed E-state index contributed by atoms with van der Waals surface area (Å²) in [7, 11) is 0. The van der Waals surface area contributed by atoms with E-state index in [0.717, 1.165) is 30.0 Å². The van der Waals surface area contributed by atoms with Gasteiger partial charge in [-0.15, -0.1) is 0 Å². The van der Waals surface area contributed by atoms with Crippen LogP contribution in [0.15, 0.2) is 42.6 Å². The molecule has 168 valence electrons. The first kappa shape index (κ1) is 22.9. The zero-order chi connectivity index (χ0) is 23.3. The van der Waals surface area contributed by atoms with Gasteiger partial charge in [0.25, 0.3) is 5.91 Å². The molecule has 1 N–H and O–H groups in total. The monoisotopic (exact) mass is 436 g/mol. The number of rotatable bonds is 9. The molecular formula is C23H28N6O3. The summed E-state index contributed by atoms with van der Waals surface area (Å²) in [6.07, 6.45) is 1.78. The maximum atomic E-state index is 12.5. The zero-order valence-electron chi connectivity index (χ0n) is 18.8. The highest BCUT2D eigenvalue weighted by atomic mass is 16.6. The molecule has 2 heterocycles. The van der Waals surface area contributed by atoms with Gasteiger partial charge in [-0.2, -0.15) is 5.10 Å². The van der Waals surface area contributed by atoms with Crippen molar-refractivity contribution in [3.05, 3.63) is 80.8 Å². The van der Waals surface area contributed by atoms with Crippen LogP contribution in [0, 0.1) is 24.0 Å². The number of nitrogens with one attached hydrogen (secondary N) is 1. The van der Waals surface area contributed by atoms with Gasteiger partial charge in [0.2, 0.25) is 0 Å². The highest BCUT2D eigenvalue weighted by Gasteiger charge is 2.21. The molecule has 0 aliphatic rings. The molecule has 3 aromatic rings. The molecular weight excluding hydrogens is 408 g/mol. The molecule has 0 saturated carbocycles. The number of carbonyl (C=O) groups is 1. The molecule has 0 aliphatic carbocycles. The van der Waals surface area contributed by atoms with Gasteiger partial charge in [-0.05, 0) is 57.0 Å². The highest BCUT2D eigenvalue weighted by molar-refractivity contribution is 5.94. The lowest BCUT2D eigenvalue weighted by molar-refractivity contribution is -0.386. The van der Waals surface area contributed by atoms with E-state index in [1.54, 1.807) is 36.9 Å². The molecule has 0 unspecified atom stereocenters. The van der Waals surface area contributed by atoms with Gasteiger partial charge in [0, 0.05) is 31.4 Å². The molecule has 9 nitrogen and oxygen atoms in total. The minimum Gasteiger partial charge on any atom is -0.357 e. The molecule has 2 aromatic heterocycles. The van der Waals surface area contributed by atoms with Gasteiger partial charge in [-0.25, -0.2) is 4.98 Å². The molecule has 0 saturated heterocycles. The number of hydrogen-bond donors (Lipinski definition) is 1. The van der Waals surface area contributed by atoms with Crippen LogP contribution in [0.5, 0.6) is 0 Å². The SMILES string of the molecule is CCN(CC)c1ccc(CNC(=O)c2ccc(Cn3nc(C)c([N+](=O)[O-])c3C)cc2)cn1. The summed E-state index contributed by atoms with van der Waals surface area (Å²) in [4.78, 5) is 29.9. The van der Waals surface area contributed by atoms with Crippen LogP contribution in [0.2, 0.25) is 0 Å². The molecule has 0 atom stereocenters. The quantitative estimate of drug-likeness (QED) is 0.406. The van der Waals surface area contributed by atoms with Crippen LogP contribution in [-0.2, 0) is 13.1 Å². The van der Waals surface area contributed by atoms with E-state index in [2.05, 4.69) is 34.1 Å². The molecule has 1 amide bonds. The van der Waals surface area contributed by atoms with Crippen molar-refractivity contribution in [2.75, 3.05) is 18.0 Å². The maximum absolute atomic E-state index is 12.5. The van der Waals surface area contributed by atoms with Gasteiger partial charge in [0.05, 0.1) is 11.5 Å². The number of aryl methyl sites for hydroxylation is 1. The minimum atomic E-state index is -0.408. The van der Waals surface area contributed by atoms with Crippen LogP contribution in [-0.4, -0.2) is 38.7 Å². The average Bonchev–Trinajstić information content (AvgIpc) is 3.07. The van der Waals surface area contributed by atoms with Crippen LogP contribution in [0.25, 0.3) is 0 Å². The number of pyridine rings is 1. The standard InChI is InChI=1S/C23H28N6O3/c1-5-27(6-2)21-12-9-19(13-24-21)14-25-23(30)20-10-7-18(8-11-20)15-28-17(4)22(29(31)32)16(3)26-28/h7-13H,5-6,14-15H2,1-4H3,(H,25,30). The first-order valence-corrected chi connectivity index (χ1v) is 10.6. The van der Waals surface area contributed by atoms with E-state index in [9.17, 15) is 14.9 Å². The molecule has 1 aromatic carbocycles. The van der Waals surface area contributed by atoms with Gasteiger partial charge in [0.1, 0.15) is 17.2 Å². The van der Waals surface area contributed by atoms with Crippen molar-refractivity contribution in [3.8, 4) is 0 Å². The fourth-order valence-corrected chi connectivity index (χ4v) is 3.58. The van der Waals surface area contributed by atoms with Gasteiger partial charge in [-0.3, -0.25) is 19.6 Å². The van der Waals surface area contributed by atoms with Crippen molar-refractivity contribution in [2.45, 2.75) is 40.8 Å². The third kappa shape index (κ3) is 5.11. The predicted octanol–water partition coefficient (Wildman–Crippen LogP) is 3.63. The van der Waals surface area contributed by atoms with E-state index in [1.165, 1.54) is 0 Å². The minimum absolute atomic E-state index is 0.0422. The largest absolute Gasteiger partial charge is 0.357 e. The van der Waals surface area contributed by atoms with Crippen molar-refractivity contribution in [2.24, 2.45) is 0 Å². The lowest BCUT2D eigenvalue weighted by Gasteiger charge is -2.19. The molecule has 0 spiro atoms. The van der Waals surface area contributed by atoms with E-state index in [4.69, 9.17) is 0 Å². The smallest absolute Gasteiger partial charge is 0.312 e. The normalized spacial score (nSPS) is 10.8. The fraction of sp³-hybridized carbons (Fsp3) is 0.348. The zero-order valence-corrected chi connectivity index (χ0v) is 18.8. The average molecular weight is 437 g/mol. The van der Waals surface area contributed by atoms with Crippen molar-refractivity contribution in [1.29, 1.82) is 0 Å². The lowest BCUT2D eigenvalue weighted by atomic mass is 10.1. The summed E-state index contributed by atoms with van der Waals surface area (Å²) < 4.78 is 1.61. The van der Waals surface area contributed by atoms with Crippen molar-refractivity contribution in [1.82, 2.24) is 20.1 Å². The molecule has 0 fully saturated rings. The number of amides is 1. The molecule has 0 aliphatic heterocycles. The Hall–Kier alpha value is -3.75. The summed E-state index contributed by atoms with van der Waals surface area (Å²) in [5, 5.41) is 18.3. The Morgan fingerprint density at radius 1 is 1.09 bits per heavy atom. The van der Waals surface area contributed by atoms with E-state index in [0.29, 0.717) is 30.0 Å². The Morgan fingerprint density at radius 3 is 2.28 bits per heavy atom. The molecule has 0 bridgehead atoms. The van der Waals surface area contributed by atoms with Crippen molar-refractivity contribution < 1.29 is 9.72 Å². The number of anilines is 1. The van der Waals surface area contributed by atoms with Crippen LogP contribution in [0.3, 0.4) is 0 Å². The molecule has 32 heavy (non-hydrogen) atoms. The number of hydrogen-bond acceptors (Lipinski definition) is 6. The number of nitro groups is 1. The Bertz CT molecular complexity index is 1090. The summed E-state index contributed by atoms with van der Waals surface area (Å²) in [5.41, 5.74) is 3.31. The summed E-state index contributed by atoms with van der Waals surface area (Å²) in [6, 6.07) is 11.1. The third-order valence-electron chi connectivity index (χ3n) is 5.42. The number of benzene rings is 1. The molecule has 9 heteroatoms. The highest BCUT2D eigenvalue weighted by Crippen LogP contribution is 2.22. The summed E-state index contributed by atoms with van der Waals surface area (Å²) >= 11 is 0. The number of nitrogens with zero attached hydrogens (tertiary/aromatic N) is 5. The van der Waals surface area contributed by atoms with E-state index in [1.807, 2.05) is 24.3 Å². The van der Waals surface area contributed by atoms with E-state index in [-0.39, 0.29) is 11.6 Å². The Kier molecular flexibility index (Phi) is 7.19. The van der Waals surface area contributed by atoms with Gasteiger partial charge in [-0.1, -0.05) is 18.2 Å². The lowest BCUT2D eigenvalue weighted by Crippen LogP contribution is -2.24. The number of aromatic nitrogens is 3. The fourth-order valence-electron chi connectivity index (χ4n) is 3.58. The van der Waals surface area contributed by atoms with E-state index >= 15 is 0 Å². The van der Waals surface area contributed by atoms with Crippen molar-refractivity contribution >= 4 is 17.4 Å².